The van der Waals surface area contributed by atoms with Gasteiger partial charge in [-0.2, -0.15) is 0 Å². The third-order valence-corrected chi connectivity index (χ3v) is 3.48. The molecule has 0 spiro atoms. The molecule has 1 saturated heterocycles. The van der Waals surface area contributed by atoms with Crippen LogP contribution in [-0.2, 0) is 0 Å². The van der Waals surface area contributed by atoms with E-state index in [4.69, 9.17) is 6.42 Å². The predicted molar refractivity (Wildman–Crippen MR) is 93.1 cm³/mol. The molecule has 1 aliphatic heterocycles. The number of terminal acetylenes is 1. The van der Waals surface area contributed by atoms with Gasteiger partial charge in [0.15, 0.2) is 5.96 Å². The minimum Gasteiger partial charge on any atom is -0.355 e. The van der Waals surface area contributed by atoms with E-state index in [0.717, 1.165) is 12.5 Å². The minimum atomic E-state index is 0. The maximum Gasteiger partial charge on any atom is 0.191 e. The average molecular weight is 378 g/mol. The van der Waals surface area contributed by atoms with Crippen LogP contribution in [0, 0.1) is 12.3 Å². The van der Waals surface area contributed by atoms with Crippen LogP contribution in [0.1, 0.15) is 33.1 Å². The number of nitrogens with one attached hydrogen (secondary N) is 2. The summed E-state index contributed by atoms with van der Waals surface area (Å²) in [6.45, 7) is 8.33. The molecule has 1 heterocycles. The number of likely N-dealkylation sites (tertiary alicyclic amines) is 1. The number of piperidine rings is 1. The fourth-order valence-corrected chi connectivity index (χ4v) is 2.27. The fraction of sp³-hybridized carbons (Fsp3) is 0.786. The Labute approximate surface area is 134 Å². The Balaban J connectivity index is 0.00000324. The van der Waals surface area contributed by atoms with E-state index in [0.29, 0.717) is 6.54 Å². The number of halogens is 1. The van der Waals surface area contributed by atoms with Crippen LogP contribution in [0.25, 0.3) is 0 Å². The van der Waals surface area contributed by atoms with Crippen LogP contribution in [0.2, 0.25) is 0 Å². The first-order valence-electron chi connectivity index (χ1n) is 6.73. The molecular formula is C14H27IN4. The largest absolute Gasteiger partial charge is 0.355 e. The van der Waals surface area contributed by atoms with Crippen molar-refractivity contribution in [1.82, 2.24) is 15.5 Å². The summed E-state index contributed by atoms with van der Waals surface area (Å²) in [5.41, 5.74) is 0.147. The Morgan fingerprint density at radius 3 is 2.42 bits per heavy atom. The maximum atomic E-state index is 5.23. The Morgan fingerprint density at radius 2 is 1.89 bits per heavy atom. The van der Waals surface area contributed by atoms with Crippen molar-refractivity contribution < 1.29 is 0 Å². The monoisotopic (exact) mass is 378 g/mol. The lowest BCUT2D eigenvalue weighted by atomic mass is 9.98. The number of rotatable bonds is 4. The van der Waals surface area contributed by atoms with E-state index in [9.17, 15) is 0 Å². The highest BCUT2D eigenvalue weighted by molar-refractivity contribution is 14.0. The molecule has 5 heteroatoms. The highest BCUT2D eigenvalue weighted by atomic mass is 127. The Kier molecular flexibility index (Phi) is 9.19. The third kappa shape index (κ3) is 6.48. The summed E-state index contributed by atoms with van der Waals surface area (Å²) in [5.74, 6) is 3.33. The molecule has 2 N–H and O–H groups in total. The van der Waals surface area contributed by atoms with Gasteiger partial charge < -0.3 is 10.6 Å². The molecule has 1 rings (SSSR count). The third-order valence-electron chi connectivity index (χ3n) is 3.48. The summed E-state index contributed by atoms with van der Waals surface area (Å²) in [6, 6.07) is 0. The van der Waals surface area contributed by atoms with Crippen molar-refractivity contribution in [3.8, 4) is 12.3 Å². The lowest BCUT2D eigenvalue weighted by Gasteiger charge is -2.41. The van der Waals surface area contributed by atoms with Gasteiger partial charge in [-0.25, -0.2) is 0 Å². The van der Waals surface area contributed by atoms with Gasteiger partial charge in [-0.05, 0) is 39.8 Å². The van der Waals surface area contributed by atoms with E-state index in [2.05, 4.69) is 40.3 Å². The van der Waals surface area contributed by atoms with Crippen molar-refractivity contribution >= 4 is 29.9 Å². The summed E-state index contributed by atoms with van der Waals surface area (Å²) in [7, 11) is 1.76. The Morgan fingerprint density at radius 1 is 1.26 bits per heavy atom. The van der Waals surface area contributed by atoms with Crippen molar-refractivity contribution in [2.24, 2.45) is 4.99 Å². The summed E-state index contributed by atoms with van der Waals surface area (Å²) < 4.78 is 0. The van der Waals surface area contributed by atoms with Gasteiger partial charge in [0.2, 0.25) is 0 Å². The molecule has 0 unspecified atom stereocenters. The number of hydrogen-bond acceptors (Lipinski definition) is 2. The zero-order chi connectivity index (χ0) is 13.4. The zero-order valence-corrected chi connectivity index (χ0v) is 14.7. The Hall–Kier alpha value is -0.480. The Bertz CT molecular complexity index is 314. The molecule has 0 atom stereocenters. The lowest BCUT2D eigenvalue weighted by Crippen LogP contribution is -2.54. The quantitative estimate of drug-likeness (QED) is 0.338. The molecular weight excluding hydrogens is 351 g/mol. The van der Waals surface area contributed by atoms with Crippen molar-refractivity contribution in [3.63, 3.8) is 0 Å². The van der Waals surface area contributed by atoms with Crippen LogP contribution < -0.4 is 10.6 Å². The molecule has 19 heavy (non-hydrogen) atoms. The first-order valence-corrected chi connectivity index (χ1v) is 6.73. The van der Waals surface area contributed by atoms with Gasteiger partial charge in [-0.1, -0.05) is 12.3 Å². The average Bonchev–Trinajstić information content (AvgIpc) is 2.40. The summed E-state index contributed by atoms with van der Waals surface area (Å²) >= 11 is 0. The molecule has 0 radical (unpaired) electrons. The van der Waals surface area contributed by atoms with Crippen molar-refractivity contribution in [2.75, 3.05) is 33.2 Å². The zero-order valence-electron chi connectivity index (χ0n) is 12.3. The van der Waals surface area contributed by atoms with Gasteiger partial charge in [0.25, 0.3) is 0 Å². The standard InChI is InChI=1S/C14H26N4.HI/c1-5-9-16-13(15-4)17-12-14(2,3)18-10-7-6-8-11-18;/h1H,6-12H2,2-4H3,(H2,15,16,17);1H. The molecule has 4 nitrogen and oxygen atoms in total. The van der Waals surface area contributed by atoms with Gasteiger partial charge in [0.05, 0.1) is 6.54 Å². The van der Waals surface area contributed by atoms with Crippen LogP contribution in [0.5, 0.6) is 0 Å². The molecule has 0 aromatic carbocycles. The molecule has 0 aromatic heterocycles. The molecule has 1 aliphatic rings. The maximum absolute atomic E-state index is 5.23. The number of aliphatic imine (C=N–C) groups is 1. The van der Waals surface area contributed by atoms with Gasteiger partial charge in [0.1, 0.15) is 0 Å². The van der Waals surface area contributed by atoms with E-state index in [1.807, 2.05) is 0 Å². The molecule has 0 aromatic rings. The van der Waals surface area contributed by atoms with Crippen LogP contribution in [0.3, 0.4) is 0 Å². The number of guanidine groups is 1. The van der Waals surface area contributed by atoms with Crippen LogP contribution >= 0.6 is 24.0 Å². The van der Waals surface area contributed by atoms with Gasteiger partial charge in [-0.3, -0.25) is 9.89 Å². The molecule has 0 bridgehead atoms. The van der Waals surface area contributed by atoms with E-state index >= 15 is 0 Å². The minimum absolute atomic E-state index is 0. The second kappa shape index (κ2) is 9.43. The second-order valence-electron chi connectivity index (χ2n) is 5.34. The molecule has 0 aliphatic carbocycles. The summed E-state index contributed by atoms with van der Waals surface area (Å²) in [6.07, 6.45) is 9.22. The second-order valence-corrected chi connectivity index (χ2v) is 5.34. The summed E-state index contributed by atoms with van der Waals surface area (Å²) in [4.78, 5) is 6.71. The van der Waals surface area contributed by atoms with Crippen molar-refractivity contribution in [2.45, 2.75) is 38.6 Å². The first-order chi connectivity index (χ1) is 8.60. The molecule has 0 amide bonds. The topological polar surface area (TPSA) is 39.7 Å². The highest BCUT2D eigenvalue weighted by Crippen LogP contribution is 2.19. The van der Waals surface area contributed by atoms with Gasteiger partial charge in [-0.15, -0.1) is 30.4 Å². The number of nitrogens with zero attached hydrogens (tertiary/aromatic N) is 2. The predicted octanol–water partition coefficient (Wildman–Crippen LogP) is 1.67. The molecule has 0 saturated carbocycles. The van der Waals surface area contributed by atoms with Crippen LogP contribution in [0.15, 0.2) is 4.99 Å². The first kappa shape index (κ1) is 18.5. The van der Waals surface area contributed by atoms with E-state index < -0.39 is 0 Å². The van der Waals surface area contributed by atoms with Crippen molar-refractivity contribution in [3.05, 3.63) is 0 Å². The normalized spacial score (nSPS) is 17.3. The molecule has 110 valence electrons. The fourth-order valence-electron chi connectivity index (χ4n) is 2.27. The smallest absolute Gasteiger partial charge is 0.191 e. The molecule has 1 fully saturated rings. The van der Waals surface area contributed by atoms with Gasteiger partial charge >= 0.3 is 0 Å². The highest BCUT2D eigenvalue weighted by Gasteiger charge is 2.27. The van der Waals surface area contributed by atoms with Crippen molar-refractivity contribution in [1.29, 1.82) is 0 Å². The van der Waals surface area contributed by atoms with Crippen LogP contribution in [0.4, 0.5) is 0 Å². The number of hydrogen-bond donors (Lipinski definition) is 2. The van der Waals surface area contributed by atoms with Crippen LogP contribution in [-0.4, -0.2) is 49.6 Å². The lowest BCUT2D eigenvalue weighted by molar-refractivity contribution is 0.0982. The van der Waals surface area contributed by atoms with E-state index in [-0.39, 0.29) is 29.5 Å². The van der Waals surface area contributed by atoms with E-state index in [1.54, 1.807) is 7.05 Å². The van der Waals surface area contributed by atoms with Gasteiger partial charge in [0, 0.05) is 19.1 Å². The SMILES string of the molecule is C#CCNC(=NC)NCC(C)(C)N1CCCCC1.I. The summed E-state index contributed by atoms with van der Waals surface area (Å²) in [5, 5.41) is 6.42. The van der Waals surface area contributed by atoms with E-state index in [1.165, 1.54) is 32.4 Å².